The summed E-state index contributed by atoms with van der Waals surface area (Å²) in [5.74, 6) is 2.27. The van der Waals surface area contributed by atoms with Gasteiger partial charge in [0.15, 0.2) is 11.5 Å². The van der Waals surface area contributed by atoms with Crippen molar-refractivity contribution in [1.82, 2.24) is 14.8 Å². The van der Waals surface area contributed by atoms with Crippen molar-refractivity contribution in [3.05, 3.63) is 100 Å². The minimum atomic E-state index is -0.536. The smallest absolute Gasteiger partial charge is 0.255 e. The maximum absolute atomic E-state index is 13.8. The van der Waals surface area contributed by atoms with Gasteiger partial charge < -0.3 is 20.1 Å². The first-order valence-corrected chi connectivity index (χ1v) is 13.6. The molecule has 1 amide bonds. The molecule has 1 aliphatic heterocycles. The van der Waals surface area contributed by atoms with Gasteiger partial charge in [-0.1, -0.05) is 65.9 Å². The van der Waals surface area contributed by atoms with E-state index in [-0.39, 0.29) is 5.91 Å². The number of allylic oxidation sites excluding steroid dienone is 1. The van der Waals surface area contributed by atoms with Gasteiger partial charge in [-0.25, -0.2) is 4.68 Å². The van der Waals surface area contributed by atoms with Crippen LogP contribution in [0.3, 0.4) is 0 Å². The first-order valence-electron chi connectivity index (χ1n) is 12.6. The second kappa shape index (κ2) is 11.2. The summed E-state index contributed by atoms with van der Waals surface area (Å²) in [7, 11) is 3.19. The molecule has 1 aromatic heterocycles. The maximum atomic E-state index is 13.8. The number of benzene rings is 3. The van der Waals surface area contributed by atoms with Gasteiger partial charge in [0.05, 0.1) is 19.8 Å². The Morgan fingerprint density at radius 1 is 1.00 bits per heavy atom. The molecule has 0 aliphatic carbocycles. The monoisotopic (exact) mass is 541 g/mol. The fourth-order valence-electron chi connectivity index (χ4n) is 4.67. The summed E-state index contributed by atoms with van der Waals surface area (Å²) in [6.07, 6.45) is 0. The number of ether oxygens (including phenoxy) is 2. The van der Waals surface area contributed by atoms with Gasteiger partial charge in [0.2, 0.25) is 11.1 Å². The lowest BCUT2D eigenvalue weighted by atomic mass is 9.94. The molecule has 1 atom stereocenters. The number of fused-ring (bicyclic) bond motifs is 1. The van der Waals surface area contributed by atoms with Crippen LogP contribution < -0.4 is 20.1 Å². The van der Waals surface area contributed by atoms with Crippen molar-refractivity contribution < 1.29 is 14.3 Å². The highest BCUT2D eigenvalue weighted by molar-refractivity contribution is 7.98. The molecule has 0 saturated heterocycles. The first-order chi connectivity index (χ1) is 18.9. The number of carbonyl (C=O) groups is 1. The van der Waals surface area contributed by atoms with Crippen molar-refractivity contribution in [2.24, 2.45) is 0 Å². The summed E-state index contributed by atoms with van der Waals surface area (Å²) >= 11 is 1.56. The Kier molecular flexibility index (Phi) is 7.60. The largest absolute Gasteiger partial charge is 0.493 e. The second-order valence-electron chi connectivity index (χ2n) is 9.39. The Morgan fingerprint density at radius 2 is 1.79 bits per heavy atom. The molecule has 0 bridgehead atoms. The van der Waals surface area contributed by atoms with Crippen LogP contribution >= 0.6 is 11.8 Å². The predicted octanol–water partition coefficient (Wildman–Crippen LogP) is 6.13. The number of hydrogen-bond acceptors (Lipinski definition) is 7. The van der Waals surface area contributed by atoms with Gasteiger partial charge in [0.1, 0.15) is 6.04 Å². The molecule has 0 saturated carbocycles. The van der Waals surface area contributed by atoms with E-state index in [1.54, 1.807) is 30.7 Å². The van der Waals surface area contributed by atoms with Gasteiger partial charge >= 0.3 is 0 Å². The third-order valence-corrected chi connectivity index (χ3v) is 7.55. The number of amides is 1. The maximum Gasteiger partial charge on any atom is 0.255 e. The van der Waals surface area contributed by atoms with Crippen LogP contribution in [0.25, 0.3) is 0 Å². The lowest BCUT2D eigenvalue weighted by molar-refractivity contribution is -0.113. The van der Waals surface area contributed by atoms with E-state index in [1.165, 1.54) is 11.1 Å². The molecule has 0 radical (unpaired) electrons. The Labute approximate surface area is 232 Å². The Morgan fingerprint density at radius 3 is 2.54 bits per heavy atom. The summed E-state index contributed by atoms with van der Waals surface area (Å²) in [6, 6.07) is 21.2. The molecule has 1 aliphatic rings. The zero-order chi connectivity index (χ0) is 27.5. The lowest BCUT2D eigenvalue weighted by Gasteiger charge is -2.29. The van der Waals surface area contributed by atoms with Crippen LogP contribution in [-0.4, -0.2) is 34.9 Å². The Bertz CT molecular complexity index is 1560. The number of methoxy groups -OCH3 is 2. The molecule has 200 valence electrons. The van der Waals surface area contributed by atoms with E-state index < -0.39 is 6.04 Å². The Balaban J connectivity index is 1.54. The number of rotatable bonds is 8. The summed E-state index contributed by atoms with van der Waals surface area (Å²) < 4.78 is 12.8. The quantitative estimate of drug-likeness (QED) is 0.259. The van der Waals surface area contributed by atoms with Gasteiger partial charge in [-0.15, -0.1) is 5.10 Å². The second-order valence-corrected chi connectivity index (χ2v) is 10.3. The standard InChI is InChI=1S/C30H31N5O3S/c1-18-9-8-11-21(15-18)17-39-30-33-29-31-20(3)26(28(36)32-23-12-7-6-10-19(23)2)27(35(29)34-30)22-13-14-24(37-4)25(16-22)38-5/h6-16,27H,17H2,1-5H3,(H,32,36)(H,31,33,34)/t27-/m0/s1. The topological polar surface area (TPSA) is 90.3 Å². The van der Waals surface area contributed by atoms with Gasteiger partial charge in [0.25, 0.3) is 5.91 Å². The van der Waals surface area contributed by atoms with Gasteiger partial charge in [-0.2, -0.15) is 4.98 Å². The average molecular weight is 542 g/mol. The molecule has 39 heavy (non-hydrogen) atoms. The van der Waals surface area contributed by atoms with E-state index >= 15 is 0 Å². The summed E-state index contributed by atoms with van der Waals surface area (Å²) in [5, 5.41) is 11.9. The third-order valence-electron chi connectivity index (χ3n) is 6.64. The number of aromatic nitrogens is 3. The zero-order valence-corrected chi connectivity index (χ0v) is 23.4. The number of para-hydroxylation sites is 1. The minimum Gasteiger partial charge on any atom is -0.493 e. The number of carbonyl (C=O) groups excluding carboxylic acids is 1. The minimum absolute atomic E-state index is 0.218. The highest BCUT2D eigenvalue weighted by atomic mass is 32.2. The van der Waals surface area contributed by atoms with Crippen molar-refractivity contribution in [2.45, 2.75) is 37.7 Å². The number of anilines is 2. The van der Waals surface area contributed by atoms with Gasteiger partial charge in [-0.3, -0.25) is 4.79 Å². The van der Waals surface area contributed by atoms with E-state index in [0.717, 1.165) is 22.6 Å². The average Bonchev–Trinajstić information content (AvgIpc) is 3.34. The van der Waals surface area contributed by atoms with Crippen molar-refractivity contribution in [2.75, 3.05) is 24.9 Å². The molecule has 4 aromatic rings. The summed E-state index contributed by atoms with van der Waals surface area (Å²) in [4.78, 5) is 18.6. The van der Waals surface area contributed by atoms with Gasteiger partial charge in [-0.05, 0) is 55.7 Å². The number of nitrogens with zero attached hydrogens (tertiary/aromatic N) is 3. The normalized spacial score (nSPS) is 14.4. The molecule has 0 spiro atoms. The molecule has 9 heteroatoms. The Hall–Kier alpha value is -4.24. The van der Waals surface area contributed by atoms with Crippen molar-refractivity contribution in [3.63, 3.8) is 0 Å². The molecule has 5 rings (SSSR count). The van der Waals surface area contributed by atoms with E-state index in [4.69, 9.17) is 19.6 Å². The van der Waals surface area contributed by atoms with Crippen molar-refractivity contribution >= 4 is 29.3 Å². The fraction of sp³-hybridized carbons (Fsp3) is 0.233. The fourth-order valence-corrected chi connectivity index (χ4v) is 5.44. The van der Waals surface area contributed by atoms with Gasteiger partial charge in [0, 0.05) is 17.1 Å². The molecule has 0 unspecified atom stereocenters. The SMILES string of the molecule is COc1ccc([C@H]2C(C(=O)Nc3ccccc3C)=C(C)Nc3nc(SCc4cccc(C)c4)nn32)cc1OC. The van der Waals surface area contributed by atoms with E-state index in [0.29, 0.717) is 33.9 Å². The van der Waals surface area contributed by atoms with Crippen LogP contribution in [0.5, 0.6) is 11.5 Å². The van der Waals surface area contributed by atoms with E-state index in [1.807, 2.05) is 56.3 Å². The van der Waals surface area contributed by atoms with Crippen LogP contribution in [-0.2, 0) is 10.5 Å². The molecule has 2 heterocycles. The number of aryl methyl sites for hydroxylation is 2. The molecule has 0 fully saturated rings. The molecule has 8 nitrogen and oxygen atoms in total. The summed E-state index contributed by atoms with van der Waals surface area (Å²) in [5.41, 5.74) is 6.22. The van der Waals surface area contributed by atoms with Crippen LogP contribution in [0.2, 0.25) is 0 Å². The molecular formula is C30H31N5O3S. The molecule has 2 N–H and O–H groups in total. The first kappa shape index (κ1) is 26.4. The van der Waals surface area contributed by atoms with Crippen LogP contribution in [0.4, 0.5) is 11.6 Å². The van der Waals surface area contributed by atoms with Crippen LogP contribution in [0, 0.1) is 13.8 Å². The van der Waals surface area contributed by atoms with Crippen LogP contribution in [0.1, 0.15) is 35.2 Å². The number of nitrogens with one attached hydrogen (secondary N) is 2. The number of hydrogen-bond donors (Lipinski definition) is 2. The van der Waals surface area contributed by atoms with E-state index in [2.05, 4.69) is 41.8 Å². The van der Waals surface area contributed by atoms with Crippen LogP contribution in [0.15, 0.2) is 83.2 Å². The molecular weight excluding hydrogens is 510 g/mol. The van der Waals surface area contributed by atoms with E-state index in [9.17, 15) is 4.79 Å². The highest BCUT2D eigenvalue weighted by Gasteiger charge is 2.35. The van der Waals surface area contributed by atoms with Crippen molar-refractivity contribution in [1.29, 1.82) is 0 Å². The number of thioether (sulfide) groups is 1. The third kappa shape index (κ3) is 5.49. The molecule has 3 aromatic carbocycles. The zero-order valence-electron chi connectivity index (χ0n) is 22.6. The lowest BCUT2D eigenvalue weighted by Crippen LogP contribution is -2.31. The highest BCUT2D eigenvalue weighted by Crippen LogP contribution is 2.40. The summed E-state index contributed by atoms with van der Waals surface area (Å²) in [6.45, 7) is 5.94. The predicted molar refractivity (Wildman–Crippen MR) is 155 cm³/mol. The van der Waals surface area contributed by atoms with Crippen molar-refractivity contribution in [3.8, 4) is 11.5 Å².